The molecule has 0 aliphatic rings. The third kappa shape index (κ3) is 3.36. The molecule has 5 nitrogen and oxygen atoms in total. The van der Waals surface area contributed by atoms with E-state index in [0.717, 1.165) is 5.56 Å². The van der Waals surface area contributed by atoms with Gasteiger partial charge in [-0.15, -0.1) is 0 Å². The summed E-state index contributed by atoms with van der Waals surface area (Å²) >= 11 is 5.81. The van der Waals surface area contributed by atoms with Crippen LogP contribution in [0.5, 0.6) is 0 Å². The SMILES string of the molecule is O=C(N/N=C/c1cccc(Cl)c1)c1cnccn1. The van der Waals surface area contributed by atoms with Gasteiger partial charge in [0.2, 0.25) is 0 Å². The normalized spacial score (nSPS) is 10.5. The monoisotopic (exact) mass is 260 g/mol. The van der Waals surface area contributed by atoms with E-state index >= 15 is 0 Å². The Morgan fingerprint density at radius 1 is 1.39 bits per heavy atom. The van der Waals surface area contributed by atoms with Gasteiger partial charge >= 0.3 is 0 Å². The lowest BCUT2D eigenvalue weighted by atomic mass is 10.2. The quantitative estimate of drug-likeness (QED) is 0.677. The Morgan fingerprint density at radius 3 is 3.00 bits per heavy atom. The zero-order valence-electron chi connectivity index (χ0n) is 9.25. The van der Waals surface area contributed by atoms with E-state index in [-0.39, 0.29) is 5.69 Å². The first-order valence-electron chi connectivity index (χ1n) is 5.11. The highest BCUT2D eigenvalue weighted by Gasteiger charge is 2.04. The number of nitrogens with one attached hydrogen (secondary N) is 1. The van der Waals surface area contributed by atoms with Gasteiger partial charge in [-0.25, -0.2) is 10.4 Å². The molecule has 90 valence electrons. The van der Waals surface area contributed by atoms with Gasteiger partial charge in [0.15, 0.2) is 0 Å². The first kappa shape index (κ1) is 12.2. The summed E-state index contributed by atoms with van der Waals surface area (Å²) in [4.78, 5) is 19.2. The van der Waals surface area contributed by atoms with Crippen LogP contribution >= 0.6 is 11.6 Å². The van der Waals surface area contributed by atoms with E-state index in [0.29, 0.717) is 5.02 Å². The van der Waals surface area contributed by atoms with Crippen LogP contribution in [0.25, 0.3) is 0 Å². The number of nitrogens with zero attached hydrogens (tertiary/aromatic N) is 3. The van der Waals surface area contributed by atoms with E-state index in [1.807, 2.05) is 6.07 Å². The lowest BCUT2D eigenvalue weighted by Crippen LogP contribution is -2.19. The van der Waals surface area contributed by atoms with Gasteiger partial charge in [0, 0.05) is 17.4 Å². The molecule has 0 aliphatic carbocycles. The first-order valence-corrected chi connectivity index (χ1v) is 5.48. The number of carbonyl (C=O) groups is 1. The van der Waals surface area contributed by atoms with Crippen LogP contribution in [0.2, 0.25) is 5.02 Å². The van der Waals surface area contributed by atoms with Crippen LogP contribution < -0.4 is 5.43 Å². The summed E-state index contributed by atoms with van der Waals surface area (Å²) in [7, 11) is 0. The smallest absolute Gasteiger partial charge is 0.265 e. The number of hydrogen-bond donors (Lipinski definition) is 1. The van der Waals surface area contributed by atoms with Crippen molar-refractivity contribution < 1.29 is 4.79 Å². The van der Waals surface area contributed by atoms with Crippen molar-refractivity contribution >= 4 is 23.7 Å². The average molecular weight is 261 g/mol. The van der Waals surface area contributed by atoms with Crippen molar-refractivity contribution in [1.82, 2.24) is 15.4 Å². The molecule has 1 amide bonds. The maximum Gasteiger partial charge on any atom is 0.291 e. The Labute approximate surface area is 109 Å². The topological polar surface area (TPSA) is 67.2 Å². The summed E-state index contributed by atoms with van der Waals surface area (Å²) in [5, 5.41) is 4.42. The first-order chi connectivity index (χ1) is 8.75. The lowest BCUT2D eigenvalue weighted by molar-refractivity contribution is 0.0950. The fourth-order valence-corrected chi connectivity index (χ4v) is 1.42. The standard InChI is InChI=1S/C12H9ClN4O/c13-10-3-1-2-9(6-10)7-16-17-12(18)11-8-14-4-5-15-11/h1-8H,(H,17,18)/b16-7+. The Hall–Kier alpha value is -2.27. The van der Waals surface area contributed by atoms with Crippen molar-refractivity contribution in [2.75, 3.05) is 0 Å². The van der Waals surface area contributed by atoms with Gasteiger partial charge in [-0.1, -0.05) is 23.7 Å². The minimum Gasteiger partial charge on any atom is -0.265 e. The van der Waals surface area contributed by atoms with E-state index < -0.39 is 5.91 Å². The Kier molecular flexibility index (Phi) is 3.98. The molecule has 1 heterocycles. The lowest BCUT2D eigenvalue weighted by Gasteiger charge is -1.97. The van der Waals surface area contributed by atoms with Gasteiger partial charge in [-0.2, -0.15) is 5.10 Å². The largest absolute Gasteiger partial charge is 0.291 e. The molecule has 0 saturated heterocycles. The maximum absolute atomic E-state index is 11.5. The van der Waals surface area contributed by atoms with Gasteiger partial charge in [-0.3, -0.25) is 9.78 Å². The van der Waals surface area contributed by atoms with Crippen LogP contribution in [0.4, 0.5) is 0 Å². The van der Waals surface area contributed by atoms with Crippen LogP contribution in [0, 0.1) is 0 Å². The van der Waals surface area contributed by atoms with Crippen LogP contribution in [-0.4, -0.2) is 22.1 Å². The summed E-state index contributed by atoms with van der Waals surface area (Å²) in [6.45, 7) is 0. The number of hydrazone groups is 1. The van der Waals surface area contributed by atoms with Crippen molar-refractivity contribution in [3.8, 4) is 0 Å². The molecule has 18 heavy (non-hydrogen) atoms. The number of carbonyl (C=O) groups excluding carboxylic acids is 1. The highest BCUT2D eigenvalue weighted by atomic mass is 35.5. The third-order valence-electron chi connectivity index (χ3n) is 2.02. The molecule has 1 aromatic heterocycles. The van der Waals surface area contributed by atoms with E-state index in [1.54, 1.807) is 18.2 Å². The van der Waals surface area contributed by atoms with Crippen molar-refractivity contribution in [1.29, 1.82) is 0 Å². The van der Waals surface area contributed by atoms with Crippen LogP contribution in [0.3, 0.4) is 0 Å². The highest BCUT2D eigenvalue weighted by molar-refractivity contribution is 6.30. The van der Waals surface area contributed by atoms with Gasteiger partial charge in [0.1, 0.15) is 5.69 Å². The number of rotatable bonds is 3. The summed E-state index contributed by atoms with van der Waals surface area (Å²) in [5.41, 5.74) is 3.35. The van der Waals surface area contributed by atoms with E-state index in [9.17, 15) is 4.79 Å². The molecular weight excluding hydrogens is 252 g/mol. The third-order valence-corrected chi connectivity index (χ3v) is 2.26. The van der Waals surface area contributed by atoms with Gasteiger partial charge in [-0.05, 0) is 17.7 Å². The molecule has 0 aliphatic heterocycles. The van der Waals surface area contributed by atoms with Crippen LogP contribution in [0.15, 0.2) is 48.0 Å². The maximum atomic E-state index is 11.5. The second-order valence-electron chi connectivity index (χ2n) is 3.34. The molecule has 0 spiro atoms. The molecule has 0 unspecified atom stereocenters. The molecule has 0 saturated carbocycles. The molecule has 0 atom stereocenters. The summed E-state index contributed by atoms with van der Waals surface area (Å²) in [6, 6.07) is 7.12. The molecule has 0 bridgehead atoms. The molecule has 2 rings (SSSR count). The zero-order chi connectivity index (χ0) is 12.8. The van der Waals surface area contributed by atoms with Crippen molar-refractivity contribution in [2.45, 2.75) is 0 Å². The second-order valence-corrected chi connectivity index (χ2v) is 3.78. The van der Waals surface area contributed by atoms with Crippen LogP contribution in [-0.2, 0) is 0 Å². The predicted molar refractivity (Wildman–Crippen MR) is 68.5 cm³/mol. The minimum atomic E-state index is -0.415. The molecule has 2 aromatic rings. The van der Waals surface area contributed by atoms with Crippen molar-refractivity contribution in [3.05, 3.63) is 59.1 Å². The van der Waals surface area contributed by atoms with E-state index in [1.165, 1.54) is 24.8 Å². The molecular formula is C12H9ClN4O. The molecule has 6 heteroatoms. The Bertz CT molecular complexity index is 571. The van der Waals surface area contributed by atoms with Crippen molar-refractivity contribution in [3.63, 3.8) is 0 Å². The van der Waals surface area contributed by atoms with Gasteiger partial charge < -0.3 is 0 Å². The summed E-state index contributed by atoms with van der Waals surface area (Å²) in [5.74, 6) is -0.415. The summed E-state index contributed by atoms with van der Waals surface area (Å²) in [6.07, 6.45) is 5.80. The van der Waals surface area contributed by atoms with Crippen molar-refractivity contribution in [2.24, 2.45) is 5.10 Å². The second kappa shape index (κ2) is 5.88. The minimum absolute atomic E-state index is 0.209. The fraction of sp³-hybridized carbons (Fsp3) is 0. The predicted octanol–water partition coefficient (Wildman–Crippen LogP) is 1.89. The number of aromatic nitrogens is 2. The van der Waals surface area contributed by atoms with Gasteiger partial charge in [0.05, 0.1) is 12.4 Å². The Balaban J connectivity index is 1.98. The number of halogens is 1. The molecule has 0 fully saturated rings. The molecule has 0 radical (unpaired) electrons. The van der Waals surface area contributed by atoms with E-state index in [2.05, 4.69) is 20.5 Å². The molecule has 1 N–H and O–H groups in total. The number of amides is 1. The van der Waals surface area contributed by atoms with Gasteiger partial charge in [0.25, 0.3) is 5.91 Å². The number of benzene rings is 1. The zero-order valence-corrected chi connectivity index (χ0v) is 10.0. The number of hydrogen-bond acceptors (Lipinski definition) is 4. The van der Waals surface area contributed by atoms with E-state index in [4.69, 9.17) is 11.6 Å². The highest BCUT2D eigenvalue weighted by Crippen LogP contribution is 2.08. The summed E-state index contributed by atoms with van der Waals surface area (Å²) < 4.78 is 0. The fourth-order valence-electron chi connectivity index (χ4n) is 1.23. The average Bonchev–Trinajstić information content (AvgIpc) is 2.40. The van der Waals surface area contributed by atoms with Crippen LogP contribution in [0.1, 0.15) is 16.1 Å². The molecule has 1 aromatic carbocycles. The Morgan fingerprint density at radius 2 is 2.28 bits per heavy atom.